The molecule has 0 bridgehead atoms. The zero-order valence-corrected chi connectivity index (χ0v) is 12.0. The number of alkyl halides is 3. The molecule has 0 spiro atoms. The molecule has 114 valence electrons. The third-order valence-corrected chi connectivity index (χ3v) is 4.37. The van der Waals surface area contributed by atoms with E-state index in [0.29, 0.717) is 28.6 Å². The number of aliphatic hydroxyl groups excluding tert-OH is 1. The lowest BCUT2D eigenvalue weighted by Crippen LogP contribution is -2.21. The predicted octanol–water partition coefficient (Wildman–Crippen LogP) is 4.19. The van der Waals surface area contributed by atoms with E-state index in [1.807, 2.05) is 4.57 Å². The van der Waals surface area contributed by atoms with Gasteiger partial charge in [-0.2, -0.15) is 13.2 Å². The summed E-state index contributed by atoms with van der Waals surface area (Å²) in [7, 11) is 0. The quantitative estimate of drug-likeness (QED) is 0.774. The second kappa shape index (κ2) is 5.14. The molecule has 2 aromatic rings. The molecule has 0 aliphatic heterocycles. The Morgan fingerprint density at radius 2 is 1.86 bits per heavy atom. The predicted molar refractivity (Wildman–Crippen MR) is 75.6 cm³/mol. The maximum Gasteiger partial charge on any atom is 0.416 e. The van der Waals surface area contributed by atoms with Gasteiger partial charge in [0.05, 0.1) is 22.7 Å². The Labute approximate surface area is 124 Å². The summed E-state index contributed by atoms with van der Waals surface area (Å²) in [6, 6.07) is 3.78. The van der Waals surface area contributed by atoms with Gasteiger partial charge in [-0.3, -0.25) is 0 Å². The highest BCUT2D eigenvalue weighted by molar-refractivity contribution is 7.71. The van der Waals surface area contributed by atoms with E-state index in [1.54, 1.807) is 0 Å². The van der Waals surface area contributed by atoms with Crippen LogP contribution in [0.3, 0.4) is 0 Å². The first-order chi connectivity index (χ1) is 9.86. The molecule has 3 rings (SSSR count). The van der Waals surface area contributed by atoms with Crippen LogP contribution in [-0.4, -0.2) is 20.8 Å². The molecular weight excluding hydrogens is 301 g/mol. The molecule has 1 heterocycles. The zero-order valence-electron chi connectivity index (χ0n) is 11.2. The summed E-state index contributed by atoms with van der Waals surface area (Å²) < 4.78 is 40.6. The van der Waals surface area contributed by atoms with Crippen LogP contribution in [0.15, 0.2) is 18.2 Å². The SMILES string of the molecule is O[C@H]1CC[C@H](n2c(=S)[nH]c3cc(C(F)(F)F)ccc32)CC1. The van der Waals surface area contributed by atoms with E-state index in [9.17, 15) is 18.3 Å². The molecule has 0 atom stereocenters. The van der Waals surface area contributed by atoms with Gasteiger partial charge in [0, 0.05) is 6.04 Å². The van der Waals surface area contributed by atoms with Crippen molar-refractivity contribution in [3.05, 3.63) is 28.5 Å². The summed E-state index contributed by atoms with van der Waals surface area (Å²) in [5, 5.41) is 9.56. The highest BCUT2D eigenvalue weighted by atomic mass is 32.1. The van der Waals surface area contributed by atoms with Crippen molar-refractivity contribution in [1.29, 1.82) is 0 Å². The highest BCUT2D eigenvalue weighted by Gasteiger charge is 2.31. The van der Waals surface area contributed by atoms with Crippen LogP contribution in [0.5, 0.6) is 0 Å². The fourth-order valence-corrected chi connectivity index (χ4v) is 3.34. The molecule has 1 aromatic carbocycles. The lowest BCUT2D eigenvalue weighted by molar-refractivity contribution is -0.137. The Kier molecular flexibility index (Phi) is 3.57. The minimum absolute atomic E-state index is 0.131. The van der Waals surface area contributed by atoms with Gasteiger partial charge in [-0.1, -0.05) is 0 Å². The summed E-state index contributed by atoms with van der Waals surface area (Å²) in [4.78, 5) is 2.86. The number of aliphatic hydroxyl groups is 1. The molecule has 2 N–H and O–H groups in total. The Morgan fingerprint density at radius 3 is 2.48 bits per heavy atom. The zero-order chi connectivity index (χ0) is 15.2. The first-order valence-electron chi connectivity index (χ1n) is 6.86. The molecule has 21 heavy (non-hydrogen) atoms. The van der Waals surface area contributed by atoms with Crippen LogP contribution < -0.4 is 0 Å². The standard InChI is InChI=1S/C14H15F3N2OS/c15-14(16,17)8-1-6-12-11(7-8)18-13(21)19(12)9-2-4-10(20)5-3-9/h1,6-7,9-10,20H,2-5H2,(H,18,21)/t9-,10-. The van der Waals surface area contributed by atoms with Gasteiger partial charge in [0.2, 0.25) is 0 Å². The number of nitrogens with one attached hydrogen (secondary N) is 1. The van der Waals surface area contributed by atoms with E-state index in [1.165, 1.54) is 6.07 Å². The maximum absolute atomic E-state index is 12.7. The second-order valence-electron chi connectivity index (χ2n) is 5.49. The van der Waals surface area contributed by atoms with Crippen LogP contribution in [0.25, 0.3) is 11.0 Å². The molecule has 1 aliphatic rings. The van der Waals surface area contributed by atoms with Crippen molar-refractivity contribution < 1.29 is 18.3 Å². The van der Waals surface area contributed by atoms with E-state index in [2.05, 4.69) is 4.98 Å². The van der Waals surface area contributed by atoms with Gasteiger partial charge in [-0.25, -0.2) is 0 Å². The number of halogens is 3. The highest BCUT2D eigenvalue weighted by Crippen LogP contribution is 2.34. The number of aromatic amines is 1. The van der Waals surface area contributed by atoms with Crippen molar-refractivity contribution in [2.75, 3.05) is 0 Å². The molecule has 1 aromatic heterocycles. The summed E-state index contributed by atoms with van der Waals surface area (Å²) in [5.74, 6) is 0. The van der Waals surface area contributed by atoms with Crippen LogP contribution in [0.2, 0.25) is 0 Å². The molecule has 3 nitrogen and oxygen atoms in total. The number of aromatic nitrogens is 2. The van der Waals surface area contributed by atoms with Crippen molar-refractivity contribution in [3.63, 3.8) is 0 Å². The topological polar surface area (TPSA) is 41.0 Å². The van der Waals surface area contributed by atoms with E-state index < -0.39 is 11.7 Å². The molecule has 0 unspecified atom stereocenters. The van der Waals surface area contributed by atoms with Crippen molar-refractivity contribution in [1.82, 2.24) is 9.55 Å². The van der Waals surface area contributed by atoms with Gasteiger partial charge < -0.3 is 14.7 Å². The molecule has 0 radical (unpaired) electrons. The number of hydrogen-bond donors (Lipinski definition) is 2. The van der Waals surface area contributed by atoms with Crippen molar-refractivity contribution >= 4 is 23.3 Å². The lowest BCUT2D eigenvalue weighted by atomic mass is 9.93. The Morgan fingerprint density at radius 1 is 1.19 bits per heavy atom. The van der Waals surface area contributed by atoms with E-state index in [-0.39, 0.29) is 12.1 Å². The monoisotopic (exact) mass is 316 g/mol. The maximum atomic E-state index is 12.7. The van der Waals surface area contributed by atoms with E-state index >= 15 is 0 Å². The van der Waals surface area contributed by atoms with Crippen LogP contribution >= 0.6 is 12.2 Å². The third-order valence-electron chi connectivity index (χ3n) is 4.08. The van der Waals surface area contributed by atoms with E-state index in [0.717, 1.165) is 25.0 Å². The second-order valence-corrected chi connectivity index (χ2v) is 5.88. The first-order valence-corrected chi connectivity index (χ1v) is 7.26. The first kappa shape index (κ1) is 14.6. The Bertz CT molecular complexity index is 711. The minimum atomic E-state index is -4.36. The van der Waals surface area contributed by atoms with Crippen molar-refractivity contribution in [2.24, 2.45) is 0 Å². The molecule has 0 amide bonds. The average Bonchev–Trinajstić information content (AvgIpc) is 2.74. The smallest absolute Gasteiger partial charge is 0.393 e. The number of benzene rings is 1. The van der Waals surface area contributed by atoms with Gasteiger partial charge in [-0.15, -0.1) is 0 Å². The fraction of sp³-hybridized carbons (Fsp3) is 0.500. The number of H-pyrrole nitrogens is 1. The summed E-state index contributed by atoms with van der Waals surface area (Å²) in [6.07, 6.45) is -1.69. The Balaban J connectivity index is 2.04. The van der Waals surface area contributed by atoms with Crippen molar-refractivity contribution in [3.8, 4) is 0 Å². The molecule has 1 saturated carbocycles. The fourth-order valence-electron chi connectivity index (χ4n) is 2.99. The molecule has 7 heteroatoms. The average molecular weight is 316 g/mol. The van der Waals surface area contributed by atoms with Crippen LogP contribution in [0.1, 0.15) is 37.3 Å². The number of fused-ring (bicyclic) bond motifs is 1. The largest absolute Gasteiger partial charge is 0.416 e. The van der Waals surface area contributed by atoms with Gasteiger partial charge in [0.15, 0.2) is 4.77 Å². The normalized spacial score (nSPS) is 23.6. The lowest BCUT2D eigenvalue weighted by Gasteiger charge is -2.27. The van der Waals surface area contributed by atoms with E-state index in [4.69, 9.17) is 12.2 Å². The number of nitrogens with zero attached hydrogens (tertiary/aromatic N) is 1. The van der Waals surface area contributed by atoms with Crippen LogP contribution in [0.4, 0.5) is 13.2 Å². The number of hydrogen-bond acceptors (Lipinski definition) is 2. The molecular formula is C14H15F3N2OS. The van der Waals surface area contributed by atoms with Crippen molar-refractivity contribution in [2.45, 2.75) is 44.0 Å². The van der Waals surface area contributed by atoms with Gasteiger partial charge in [0.1, 0.15) is 0 Å². The molecule has 1 aliphatic carbocycles. The summed E-state index contributed by atoms with van der Waals surface area (Å²) >= 11 is 5.26. The van der Waals surface area contributed by atoms with Gasteiger partial charge in [-0.05, 0) is 56.1 Å². The number of imidazole rings is 1. The summed E-state index contributed by atoms with van der Waals surface area (Å²) in [5.41, 5.74) is 0.410. The number of rotatable bonds is 1. The van der Waals surface area contributed by atoms with Gasteiger partial charge >= 0.3 is 6.18 Å². The molecule has 0 saturated heterocycles. The van der Waals surface area contributed by atoms with Gasteiger partial charge in [0.25, 0.3) is 0 Å². The third kappa shape index (κ3) is 2.72. The minimum Gasteiger partial charge on any atom is -0.393 e. The molecule has 1 fully saturated rings. The van der Waals surface area contributed by atoms with Crippen LogP contribution in [-0.2, 0) is 6.18 Å². The Hall–Kier alpha value is -1.34. The van der Waals surface area contributed by atoms with Crippen LogP contribution in [0, 0.1) is 4.77 Å². The summed E-state index contributed by atoms with van der Waals surface area (Å²) in [6.45, 7) is 0.